The van der Waals surface area contributed by atoms with Gasteiger partial charge in [0, 0.05) is 18.1 Å². The largest absolute Gasteiger partial charge is 0.367 e. The molecule has 2 atom stereocenters. The van der Waals surface area contributed by atoms with Crippen LogP contribution in [0.15, 0.2) is 18.2 Å². The van der Waals surface area contributed by atoms with Crippen molar-refractivity contribution in [1.82, 2.24) is 9.88 Å². The Morgan fingerprint density at radius 2 is 1.89 bits per heavy atom. The first kappa shape index (κ1) is 12.7. The lowest BCUT2D eigenvalue weighted by atomic mass is 9.82. The molecule has 0 aliphatic carbocycles. The van der Waals surface area contributed by atoms with Crippen LogP contribution in [0.1, 0.15) is 32.1 Å². The fourth-order valence-corrected chi connectivity index (χ4v) is 3.54. The van der Waals surface area contributed by atoms with E-state index in [9.17, 15) is 0 Å². The summed E-state index contributed by atoms with van der Waals surface area (Å²) >= 11 is 0. The van der Waals surface area contributed by atoms with Gasteiger partial charge in [0.2, 0.25) is 0 Å². The van der Waals surface area contributed by atoms with Gasteiger partial charge in [0.1, 0.15) is 11.6 Å². The third-order valence-electron chi connectivity index (χ3n) is 4.59. The van der Waals surface area contributed by atoms with Crippen LogP contribution < -0.4 is 16.6 Å². The number of nitrogens with two attached hydrogens (primary N) is 1. The molecule has 2 fully saturated rings. The van der Waals surface area contributed by atoms with Crippen molar-refractivity contribution in [3.8, 4) is 0 Å². The second-order valence-electron chi connectivity index (χ2n) is 5.77. The van der Waals surface area contributed by atoms with Crippen LogP contribution in [0, 0.1) is 0 Å². The first-order valence-corrected chi connectivity index (χ1v) is 7.18. The number of nitrogen functional groups attached to an aromatic ring is 1. The Labute approximate surface area is 114 Å². The van der Waals surface area contributed by atoms with E-state index >= 15 is 0 Å². The van der Waals surface area contributed by atoms with E-state index < -0.39 is 0 Å². The molecule has 5 nitrogen and oxygen atoms in total. The number of rotatable bonds is 3. The minimum Gasteiger partial charge on any atom is -0.367 e. The first-order chi connectivity index (χ1) is 9.26. The Kier molecular flexibility index (Phi) is 3.57. The maximum atomic E-state index is 5.40. The van der Waals surface area contributed by atoms with Crippen molar-refractivity contribution in [3.05, 3.63) is 18.2 Å². The van der Waals surface area contributed by atoms with Gasteiger partial charge in [-0.2, -0.15) is 0 Å². The molecule has 4 N–H and O–H groups in total. The van der Waals surface area contributed by atoms with Crippen LogP contribution >= 0.6 is 0 Å². The number of aromatic nitrogens is 1. The molecule has 2 saturated heterocycles. The number of nitrogens with zero attached hydrogens (tertiary/aromatic N) is 2. The van der Waals surface area contributed by atoms with Gasteiger partial charge >= 0.3 is 0 Å². The molecule has 0 aromatic carbocycles. The summed E-state index contributed by atoms with van der Waals surface area (Å²) in [4.78, 5) is 7.01. The molecule has 1 aromatic heterocycles. The Morgan fingerprint density at radius 1 is 1.21 bits per heavy atom. The van der Waals surface area contributed by atoms with Gasteiger partial charge in [0.25, 0.3) is 0 Å². The van der Waals surface area contributed by atoms with Gasteiger partial charge < -0.3 is 15.6 Å². The zero-order valence-electron chi connectivity index (χ0n) is 11.5. The van der Waals surface area contributed by atoms with E-state index in [0.29, 0.717) is 11.9 Å². The highest BCUT2D eigenvalue weighted by atomic mass is 15.3. The highest BCUT2D eigenvalue weighted by molar-refractivity contribution is 5.45. The molecule has 19 heavy (non-hydrogen) atoms. The highest BCUT2D eigenvalue weighted by Crippen LogP contribution is 2.33. The number of hydrazine groups is 1. The SMILES string of the molecule is CN1C2CCCC1CC(Nc1cccc(NN)n1)C2. The summed E-state index contributed by atoms with van der Waals surface area (Å²) in [6, 6.07) is 7.86. The summed E-state index contributed by atoms with van der Waals surface area (Å²) in [7, 11) is 2.28. The Morgan fingerprint density at radius 3 is 2.58 bits per heavy atom. The summed E-state index contributed by atoms with van der Waals surface area (Å²) in [6.07, 6.45) is 6.49. The van der Waals surface area contributed by atoms with Gasteiger partial charge in [-0.25, -0.2) is 10.8 Å². The number of piperidine rings is 2. The third-order valence-corrected chi connectivity index (χ3v) is 4.59. The lowest BCUT2D eigenvalue weighted by Gasteiger charge is -2.47. The molecule has 0 amide bonds. The molecule has 104 valence electrons. The lowest BCUT2D eigenvalue weighted by molar-refractivity contribution is 0.0608. The average Bonchev–Trinajstić information content (AvgIpc) is 2.40. The third kappa shape index (κ3) is 2.67. The summed E-state index contributed by atoms with van der Waals surface area (Å²) in [5, 5.41) is 3.57. The number of hydrogen-bond acceptors (Lipinski definition) is 5. The second-order valence-corrected chi connectivity index (χ2v) is 5.77. The smallest absolute Gasteiger partial charge is 0.142 e. The minimum absolute atomic E-state index is 0.534. The summed E-state index contributed by atoms with van der Waals surface area (Å²) in [5.41, 5.74) is 2.59. The molecule has 2 bridgehead atoms. The number of fused-ring (bicyclic) bond motifs is 2. The van der Waals surface area contributed by atoms with Crippen LogP contribution in [-0.4, -0.2) is 35.1 Å². The maximum Gasteiger partial charge on any atom is 0.142 e. The highest BCUT2D eigenvalue weighted by Gasteiger charge is 2.35. The van der Waals surface area contributed by atoms with Gasteiger partial charge in [-0.05, 0) is 44.9 Å². The molecule has 3 heterocycles. The van der Waals surface area contributed by atoms with Crippen molar-refractivity contribution in [2.75, 3.05) is 17.8 Å². The zero-order valence-corrected chi connectivity index (χ0v) is 11.5. The molecule has 0 spiro atoms. The van der Waals surface area contributed by atoms with Crippen molar-refractivity contribution < 1.29 is 0 Å². The van der Waals surface area contributed by atoms with Crippen molar-refractivity contribution in [2.45, 2.75) is 50.2 Å². The fraction of sp³-hybridized carbons (Fsp3) is 0.643. The van der Waals surface area contributed by atoms with Crippen LogP contribution in [0.3, 0.4) is 0 Å². The van der Waals surface area contributed by atoms with E-state index in [1.807, 2.05) is 18.2 Å². The molecule has 2 aliphatic rings. The summed E-state index contributed by atoms with van der Waals surface area (Å²) in [6.45, 7) is 0. The number of hydrogen-bond donors (Lipinski definition) is 3. The van der Waals surface area contributed by atoms with E-state index in [0.717, 1.165) is 17.9 Å². The maximum absolute atomic E-state index is 5.40. The van der Waals surface area contributed by atoms with Crippen LogP contribution in [0.4, 0.5) is 11.6 Å². The monoisotopic (exact) mass is 261 g/mol. The van der Waals surface area contributed by atoms with E-state index in [-0.39, 0.29) is 0 Å². The Bertz CT molecular complexity index is 422. The molecule has 5 heteroatoms. The van der Waals surface area contributed by atoms with Crippen LogP contribution in [0.25, 0.3) is 0 Å². The van der Waals surface area contributed by atoms with Crippen LogP contribution in [0.5, 0.6) is 0 Å². The van der Waals surface area contributed by atoms with Crippen LogP contribution in [0.2, 0.25) is 0 Å². The second kappa shape index (κ2) is 5.35. The van der Waals surface area contributed by atoms with Crippen molar-refractivity contribution in [3.63, 3.8) is 0 Å². The predicted octanol–water partition coefficient (Wildman–Crippen LogP) is 1.79. The van der Waals surface area contributed by atoms with E-state index in [2.05, 4.69) is 27.7 Å². The topological polar surface area (TPSA) is 66.2 Å². The molecular weight excluding hydrogens is 238 g/mol. The van der Waals surface area contributed by atoms with E-state index in [1.165, 1.54) is 32.1 Å². The molecule has 1 aromatic rings. The predicted molar refractivity (Wildman–Crippen MR) is 77.9 cm³/mol. The fourth-order valence-electron chi connectivity index (χ4n) is 3.54. The standard InChI is InChI=1S/C14H23N5/c1-19-11-4-2-5-12(19)9-10(8-11)16-13-6-3-7-14(17-13)18-15/h3,6-7,10-12H,2,4-5,8-9,15H2,1H3,(H2,16,17,18). The van der Waals surface area contributed by atoms with Crippen molar-refractivity contribution in [2.24, 2.45) is 5.84 Å². The quantitative estimate of drug-likeness (QED) is 0.572. The Hall–Kier alpha value is -1.33. The average molecular weight is 261 g/mol. The van der Waals surface area contributed by atoms with Gasteiger partial charge in [-0.15, -0.1) is 0 Å². The minimum atomic E-state index is 0.534. The molecule has 0 saturated carbocycles. The van der Waals surface area contributed by atoms with Gasteiger partial charge in [-0.1, -0.05) is 12.5 Å². The van der Waals surface area contributed by atoms with E-state index in [1.54, 1.807) is 0 Å². The lowest BCUT2D eigenvalue weighted by Crippen LogP contribution is -2.52. The molecule has 2 unspecified atom stereocenters. The van der Waals surface area contributed by atoms with E-state index in [4.69, 9.17) is 5.84 Å². The van der Waals surface area contributed by atoms with Gasteiger partial charge in [0.15, 0.2) is 0 Å². The first-order valence-electron chi connectivity index (χ1n) is 7.18. The number of anilines is 2. The van der Waals surface area contributed by atoms with Gasteiger partial charge in [-0.3, -0.25) is 0 Å². The van der Waals surface area contributed by atoms with Crippen molar-refractivity contribution in [1.29, 1.82) is 0 Å². The molecule has 2 aliphatic heterocycles. The molecular formula is C14H23N5. The Balaban J connectivity index is 1.67. The number of nitrogens with one attached hydrogen (secondary N) is 2. The number of pyridine rings is 1. The van der Waals surface area contributed by atoms with Gasteiger partial charge in [0.05, 0.1) is 0 Å². The zero-order chi connectivity index (χ0) is 13.2. The van der Waals surface area contributed by atoms with Crippen molar-refractivity contribution >= 4 is 11.6 Å². The molecule has 0 radical (unpaired) electrons. The van der Waals surface area contributed by atoms with Crippen LogP contribution in [-0.2, 0) is 0 Å². The summed E-state index contributed by atoms with van der Waals surface area (Å²) in [5.74, 6) is 7.02. The normalized spacial score (nSPS) is 30.9. The summed E-state index contributed by atoms with van der Waals surface area (Å²) < 4.78 is 0. The molecule has 3 rings (SSSR count).